The molecular weight excluding hydrogens is 296 g/mol. The maximum Gasteiger partial charge on any atom is 0.374 e. The van der Waals surface area contributed by atoms with Crippen molar-refractivity contribution in [1.29, 1.82) is 0 Å². The largest absolute Gasteiger partial charge is 0.501 e. The van der Waals surface area contributed by atoms with E-state index in [0.717, 1.165) is 6.21 Å². The lowest BCUT2D eigenvalue weighted by atomic mass is 10.2. The molecule has 0 radical (unpaired) electrons. The molecular formula is C13H18N2O5S. The molecule has 0 saturated carbocycles. The van der Waals surface area contributed by atoms with E-state index >= 15 is 0 Å². The van der Waals surface area contributed by atoms with Crippen LogP contribution in [0, 0.1) is 0 Å². The van der Waals surface area contributed by atoms with Crippen LogP contribution in [0.2, 0.25) is 0 Å². The highest BCUT2D eigenvalue weighted by Gasteiger charge is 2.21. The third-order valence-electron chi connectivity index (χ3n) is 1.93. The molecule has 7 nitrogen and oxygen atoms in total. The number of esters is 2. The van der Waals surface area contributed by atoms with Gasteiger partial charge in [0.05, 0.1) is 13.2 Å². The zero-order valence-corrected chi connectivity index (χ0v) is 12.7. The topological polar surface area (TPSA) is 97.2 Å². The third-order valence-corrected chi connectivity index (χ3v) is 2.18. The summed E-state index contributed by atoms with van der Waals surface area (Å²) in [6.45, 7) is 7.16. The summed E-state index contributed by atoms with van der Waals surface area (Å²) in [4.78, 5) is 26.9. The summed E-state index contributed by atoms with van der Waals surface area (Å²) >= 11 is 4.86. The van der Waals surface area contributed by atoms with Gasteiger partial charge in [-0.05, 0) is 26.1 Å². The molecule has 0 spiro atoms. The predicted octanol–water partition coefficient (Wildman–Crippen LogP) is 1.06. The first-order valence-electron chi connectivity index (χ1n) is 6.18. The second-order valence-corrected chi connectivity index (χ2v) is 3.82. The van der Waals surface area contributed by atoms with Crippen molar-refractivity contribution in [2.45, 2.75) is 13.8 Å². The SMILES string of the molecule is C=CCNC(=S)/N=C/C(C(=O)OCC)=C(/O)C(=O)OCC. The van der Waals surface area contributed by atoms with E-state index in [1.54, 1.807) is 19.9 Å². The van der Waals surface area contributed by atoms with Crippen molar-refractivity contribution >= 4 is 35.5 Å². The minimum absolute atomic E-state index is 0.0510. The van der Waals surface area contributed by atoms with Crippen LogP contribution >= 0.6 is 12.2 Å². The maximum absolute atomic E-state index is 11.7. The Morgan fingerprint density at radius 2 is 1.86 bits per heavy atom. The van der Waals surface area contributed by atoms with Crippen LogP contribution in [0.5, 0.6) is 0 Å². The highest BCUT2D eigenvalue weighted by Crippen LogP contribution is 2.05. The Morgan fingerprint density at radius 1 is 1.29 bits per heavy atom. The second kappa shape index (κ2) is 10.6. The summed E-state index contributed by atoms with van der Waals surface area (Å²) in [5, 5.41) is 12.5. The number of rotatable bonds is 7. The molecule has 8 heteroatoms. The van der Waals surface area contributed by atoms with Crippen molar-refractivity contribution in [2.24, 2.45) is 4.99 Å². The van der Waals surface area contributed by atoms with Gasteiger partial charge in [0.25, 0.3) is 0 Å². The van der Waals surface area contributed by atoms with Gasteiger partial charge in [-0.15, -0.1) is 6.58 Å². The van der Waals surface area contributed by atoms with Gasteiger partial charge in [0.2, 0.25) is 5.76 Å². The van der Waals surface area contributed by atoms with E-state index in [1.807, 2.05) is 0 Å². The van der Waals surface area contributed by atoms with Crippen molar-refractivity contribution < 1.29 is 24.2 Å². The van der Waals surface area contributed by atoms with Gasteiger partial charge in [-0.1, -0.05) is 6.08 Å². The highest BCUT2D eigenvalue weighted by atomic mass is 32.1. The Labute approximate surface area is 128 Å². The summed E-state index contributed by atoms with van der Waals surface area (Å²) in [6, 6.07) is 0. The normalized spacial score (nSPS) is 11.5. The monoisotopic (exact) mass is 314 g/mol. The zero-order valence-electron chi connectivity index (χ0n) is 11.9. The lowest BCUT2D eigenvalue weighted by Crippen LogP contribution is -2.21. The molecule has 0 amide bonds. The Hall–Kier alpha value is -2.22. The van der Waals surface area contributed by atoms with Crippen molar-refractivity contribution in [2.75, 3.05) is 19.8 Å². The predicted molar refractivity (Wildman–Crippen MR) is 82.2 cm³/mol. The fraction of sp³-hybridized carbons (Fsp3) is 0.385. The summed E-state index contributed by atoms with van der Waals surface area (Å²) < 4.78 is 9.34. The molecule has 0 rings (SSSR count). The van der Waals surface area contributed by atoms with Crippen molar-refractivity contribution in [3.8, 4) is 0 Å². The summed E-state index contributed by atoms with van der Waals surface area (Å²) in [7, 11) is 0. The standard InChI is InChI=1S/C13H18N2O5S/c1-4-7-14-13(21)15-8-9(11(17)19-5-2)10(16)12(18)20-6-3/h4,8,16H,1,5-7H2,2-3H3,(H,14,21)/b10-9-,15-8+. The molecule has 2 N–H and O–H groups in total. The number of aliphatic hydroxyl groups is 1. The number of aliphatic imine (C=N–C) groups is 1. The third kappa shape index (κ3) is 7.21. The van der Waals surface area contributed by atoms with Gasteiger partial charge in [-0.3, -0.25) is 0 Å². The van der Waals surface area contributed by atoms with Gasteiger partial charge in [0.15, 0.2) is 5.11 Å². The molecule has 0 aromatic rings. The molecule has 0 atom stereocenters. The fourth-order valence-electron chi connectivity index (χ4n) is 1.06. The van der Waals surface area contributed by atoms with E-state index in [2.05, 4.69) is 21.6 Å². The van der Waals surface area contributed by atoms with Crippen LogP contribution in [0.15, 0.2) is 29.0 Å². The number of nitrogens with one attached hydrogen (secondary N) is 1. The van der Waals surface area contributed by atoms with Gasteiger partial charge in [0, 0.05) is 12.8 Å². The van der Waals surface area contributed by atoms with Gasteiger partial charge >= 0.3 is 11.9 Å². The molecule has 0 aromatic heterocycles. The molecule has 0 aliphatic carbocycles. The van der Waals surface area contributed by atoms with Gasteiger partial charge in [0.1, 0.15) is 5.57 Å². The minimum Gasteiger partial charge on any atom is -0.501 e. The summed E-state index contributed by atoms with van der Waals surface area (Å²) in [5.74, 6) is -2.83. The van der Waals surface area contributed by atoms with Crippen molar-refractivity contribution in [3.63, 3.8) is 0 Å². The van der Waals surface area contributed by atoms with E-state index in [-0.39, 0.29) is 18.3 Å². The van der Waals surface area contributed by atoms with Crippen molar-refractivity contribution in [1.82, 2.24) is 5.32 Å². The molecule has 0 aromatic carbocycles. The zero-order chi connectivity index (χ0) is 16.3. The molecule has 0 saturated heterocycles. The van der Waals surface area contributed by atoms with Crippen LogP contribution in [0.1, 0.15) is 13.8 Å². The average molecular weight is 314 g/mol. The first-order chi connectivity index (χ1) is 9.97. The molecule has 0 heterocycles. The Balaban J connectivity index is 5.23. The van der Waals surface area contributed by atoms with E-state index < -0.39 is 23.3 Å². The van der Waals surface area contributed by atoms with E-state index in [9.17, 15) is 14.7 Å². The van der Waals surface area contributed by atoms with Crippen LogP contribution < -0.4 is 5.32 Å². The van der Waals surface area contributed by atoms with E-state index in [1.165, 1.54) is 0 Å². The highest BCUT2D eigenvalue weighted by molar-refractivity contribution is 7.80. The number of ether oxygens (including phenoxy) is 2. The second-order valence-electron chi connectivity index (χ2n) is 3.44. The smallest absolute Gasteiger partial charge is 0.374 e. The summed E-state index contributed by atoms with van der Waals surface area (Å²) in [6.07, 6.45) is 2.52. The molecule has 0 unspecified atom stereocenters. The molecule has 0 aliphatic rings. The number of aliphatic hydroxyl groups excluding tert-OH is 1. The Morgan fingerprint density at radius 3 is 2.38 bits per heavy atom. The minimum atomic E-state index is -1.04. The number of nitrogens with zero attached hydrogens (tertiary/aromatic N) is 1. The van der Waals surface area contributed by atoms with E-state index in [0.29, 0.717) is 6.54 Å². The number of carbonyl (C=O) groups is 2. The molecule has 0 fully saturated rings. The first kappa shape index (κ1) is 18.8. The van der Waals surface area contributed by atoms with E-state index in [4.69, 9.17) is 17.0 Å². The van der Waals surface area contributed by atoms with Gasteiger partial charge < -0.3 is 19.9 Å². The molecule has 0 aliphatic heterocycles. The molecule has 116 valence electrons. The maximum atomic E-state index is 11.7. The van der Waals surface area contributed by atoms with Crippen LogP contribution in [0.4, 0.5) is 0 Å². The molecule has 0 bridgehead atoms. The number of carbonyl (C=O) groups excluding carboxylic acids is 2. The van der Waals surface area contributed by atoms with Crippen LogP contribution in [-0.4, -0.2) is 48.1 Å². The van der Waals surface area contributed by atoms with Gasteiger partial charge in [-0.2, -0.15) is 0 Å². The number of hydrogen-bond acceptors (Lipinski definition) is 6. The van der Waals surface area contributed by atoms with Crippen LogP contribution in [-0.2, 0) is 19.1 Å². The summed E-state index contributed by atoms with van der Waals surface area (Å²) in [5.41, 5.74) is -0.432. The quantitative estimate of drug-likeness (QED) is 0.181. The number of thiocarbonyl (C=S) groups is 1. The average Bonchev–Trinajstić information content (AvgIpc) is 2.45. The lowest BCUT2D eigenvalue weighted by molar-refractivity contribution is -0.143. The van der Waals surface area contributed by atoms with Crippen LogP contribution in [0.3, 0.4) is 0 Å². The van der Waals surface area contributed by atoms with Crippen molar-refractivity contribution in [3.05, 3.63) is 24.0 Å². The molecule has 21 heavy (non-hydrogen) atoms. The number of hydrogen-bond donors (Lipinski definition) is 2. The van der Waals surface area contributed by atoms with Gasteiger partial charge in [-0.25, -0.2) is 14.6 Å². The lowest BCUT2D eigenvalue weighted by Gasteiger charge is -2.06. The Kier molecular flexibility index (Phi) is 9.44. The first-order valence-corrected chi connectivity index (χ1v) is 6.58. The fourth-order valence-corrected chi connectivity index (χ4v) is 1.19. The Bertz CT molecular complexity index is 471. The van der Waals surface area contributed by atoms with Crippen LogP contribution in [0.25, 0.3) is 0 Å².